The fourth-order valence-corrected chi connectivity index (χ4v) is 2.30. The molecule has 0 aromatic heterocycles. The number of benzene rings is 2. The zero-order valence-corrected chi connectivity index (χ0v) is 12.8. The van der Waals surface area contributed by atoms with E-state index in [0.29, 0.717) is 0 Å². The number of anilines is 1. The van der Waals surface area contributed by atoms with Gasteiger partial charge in [-0.25, -0.2) is 0 Å². The Hall–Kier alpha value is -1.81. The Bertz CT molecular complexity index is 555. The van der Waals surface area contributed by atoms with Crippen molar-refractivity contribution in [3.05, 3.63) is 48.0 Å². The van der Waals surface area contributed by atoms with Crippen molar-refractivity contribution in [1.29, 1.82) is 0 Å². The number of nitrogens with one attached hydrogen (secondary N) is 1. The first-order chi connectivity index (χ1) is 9.76. The van der Waals surface area contributed by atoms with E-state index in [1.54, 1.807) is 26.0 Å². The SMILES string of the molecule is COc1ccc(NCc2ccc(SC)cc2)cc1OC. The van der Waals surface area contributed by atoms with Crippen molar-refractivity contribution in [2.75, 3.05) is 25.8 Å². The highest BCUT2D eigenvalue weighted by atomic mass is 32.2. The van der Waals surface area contributed by atoms with Crippen LogP contribution in [-0.2, 0) is 6.54 Å². The molecule has 0 aliphatic heterocycles. The van der Waals surface area contributed by atoms with Crippen LogP contribution in [0.15, 0.2) is 47.4 Å². The molecule has 2 rings (SSSR count). The average Bonchev–Trinajstić information content (AvgIpc) is 2.53. The molecule has 2 aromatic carbocycles. The number of hydrogen-bond donors (Lipinski definition) is 1. The maximum atomic E-state index is 5.29. The van der Waals surface area contributed by atoms with Gasteiger partial charge < -0.3 is 14.8 Å². The average molecular weight is 289 g/mol. The smallest absolute Gasteiger partial charge is 0.162 e. The van der Waals surface area contributed by atoms with E-state index in [4.69, 9.17) is 9.47 Å². The third-order valence-electron chi connectivity index (χ3n) is 3.04. The molecule has 2 aromatic rings. The third-order valence-corrected chi connectivity index (χ3v) is 3.78. The predicted octanol–water partition coefficient (Wildman–Crippen LogP) is 4.04. The lowest BCUT2D eigenvalue weighted by Gasteiger charge is -2.11. The Labute approximate surface area is 124 Å². The number of thioether (sulfide) groups is 1. The van der Waals surface area contributed by atoms with Crippen molar-refractivity contribution < 1.29 is 9.47 Å². The van der Waals surface area contributed by atoms with Gasteiger partial charge in [-0.05, 0) is 36.1 Å². The minimum absolute atomic E-state index is 0.732. The summed E-state index contributed by atoms with van der Waals surface area (Å²) in [7, 11) is 3.28. The molecule has 0 unspecified atom stereocenters. The van der Waals surface area contributed by atoms with Gasteiger partial charge in [-0.1, -0.05) is 12.1 Å². The lowest BCUT2D eigenvalue weighted by Crippen LogP contribution is -2.00. The summed E-state index contributed by atoms with van der Waals surface area (Å²) in [4.78, 5) is 1.28. The second kappa shape index (κ2) is 7.10. The number of rotatable bonds is 6. The van der Waals surface area contributed by atoms with Crippen molar-refractivity contribution in [2.24, 2.45) is 0 Å². The normalized spacial score (nSPS) is 10.2. The van der Waals surface area contributed by atoms with E-state index in [1.165, 1.54) is 10.5 Å². The summed E-state index contributed by atoms with van der Waals surface area (Å²) in [6, 6.07) is 14.4. The van der Waals surface area contributed by atoms with Crippen molar-refractivity contribution in [2.45, 2.75) is 11.4 Å². The summed E-state index contributed by atoms with van der Waals surface area (Å²) in [6.45, 7) is 0.782. The maximum absolute atomic E-state index is 5.29. The van der Waals surface area contributed by atoms with Gasteiger partial charge in [-0.2, -0.15) is 0 Å². The highest BCUT2D eigenvalue weighted by Gasteiger charge is 2.04. The van der Waals surface area contributed by atoms with Gasteiger partial charge >= 0.3 is 0 Å². The van der Waals surface area contributed by atoms with Crippen LogP contribution in [0.2, 0.25) is 0 Å². The number of hydrogen-bond acceptors (Lipinski definition) is 4. The second-order valence-corrected chi connectivity index (χ2v) is 5.15. The monoisotopic (exact) mass is 289 g/mol. The topological polar surface area (TPSA) is 30.5 Å². The molecule has 0 amide bonds. The standard InChI is InChI=1S/C16H19NO2S/c1-18-15-9-6-13(10-16(15)19-2)17-11-12-4-7-14(20-3)8-5-12/h4-10,17H,11H2,1-3H3. The molecule has 0 saturated heterocycles. The molecule has 0 fully saturated rings. The molecule has 0 spiro atoms. The molecule has 0 heterocycles. The molecule has 0 radical (unpaired) electrons. The van der Waals surface area contributed by atoms with E-state index >= 15 is 0 Å². The molecular weight excluding hydrogens is 270 g/mol. The summed E-state index contributed by atoms with van der Waals surface area (Å²) in [6.07, 6.45) is 2.08. The Morgan fingerprint density at radius 3 is 2.25 bits per heavy atom. The molecule has 0 atom stereocenters. The fraction of sp³-hybridized carbons (Fsp3) is 0.250. The van der Waals surface area contributed by atoms with Gasteiger partial charge in [0.25, 0.3) is 0 Å². The Morgan fingerprint density at radius 2 is 1.65 bits per heavy atom. The highest BCUT2D eigenvalue weighted by Crippen LogP contribution is 2.29. The minimum Gasteiger partial charge on any atom is -0.493 e. The Kier molecular flexibility index (Phi) is 5.18. The Morgan fingerprint density at radius 1 is 0.950 bits per heavy atom. The van der Waals surface area contributed by atoms with Crippen LogP contribution < -0.4 is 14.8 Å². The lowest BCUT2D eigenvalue weighted by molar-refractivity contribution is 0.355. The first-order valence-corrected chi connectivity index (χ1v) is 7.58. The van der Waals surface area contributed by atoms with Crippen LogP contribution in [0, 0.1) is 0 Å². The minimum atomic E-state index is 0.732. The van der Waals surface area contributed by atoms with Crippen LogP contribution >= 0.6 is 11.8 Å². The summed E-state index contributed by atoms with van der Waals surface area (Å²) < 4.78 is 10.5. The first-order valence-electron chi connectivity index (χ1n) is 6.35. The van der Waals surface area contributed by atoms with E-state index in [9.17, 15) is 0 Å². The van der Waals surface area contributed by atoms with E-state index in [-0.39, 0.29) is 0 Å². The van der Waals surface area contributed by atoms with E-state index in [1.807, 2.05) is 18.2 Å². The van der Waals surface area contributed by atoms with Crippen LogP contribution in [0.1, 0.15) is 5.56 Å². The highest BCUT2D eigenvalue weighted by molar-refractivity contribution is 7.98. The molecule has 0 aliphatic carbocycles. The van der Waals surface area contributed by atoms with Crippen molar-refractivity contribution in [3.63, 3.8) is 0 Å². The zero-order valence-electron chi connectivity index (χ0n) is 12.0. The predicted molar refractivity (Wildman–Crippen MR) is 85.1 cm³/mol. The van der Waals surface area contributed by atoms with Crippen LogP contribution in [0.25, 0.3) is 0 Å². The quantitative estimate of drug-likeness (QED) is 0.813. The van der Waals surface area contributed by atoms with Gasteiger partial charge in [0.15, 0.2) is 11.5 Å². The van der Waals surface area contributed by atoms with E-state index < -0.39 is 0 Å². The summed E-state index contributed by atoms with van der Waals surface area (Å²) in [5.74, 6) is 1.47. The summed E-state index contributed by atoms with van der Waals surface area (Å²) in [5, 5.41) is 3.38. The van der Waals surface area contributed by atoms with Crippen LogP contribution in [0.3, 0.4) is 0 Å². The molecule has 0 bridgehead atoms. The fourth-order valence-electron chi connectivity index (χ4n) is 1.89. The molecule has 3 nitrogen and oxygen atoms in total. The molecule has 1 N–H and O–H groups in total. The molecule has 0 aliphatic rings. The van der Waals surface area contributed by atoms with Crippen LogP contribution in [-0.4, -0.2) is 20.5 Å². The third kappa shape index (κ3) is 3.61. The largest absolute Gasteiger partial charge is 0.493 e. The van der Waals surface area contributed by atoms with E-state index in [0.717, 1.165) is 23.7 Å². The Balaban J connectivity index is 2.02. The molecule has 20 heavy (non-hydrogen) atoms. The van der Waals surface area contributed by atoms with Crippen molar-refractivity contribution >= 4 is 17.4 Å². The van der Waals surface area contributed by atoms with Gasteiger partial charge in [0, 0.05) is 23.2 Å². The molecular formula is C16H19NO2S. The van der Waals surface area contributed by atoms with Gasteiger partial charge in [0.1, 0.15) is 0 Å². The summed E-state index contributed by atoms with van der Waals surface area (Å²) >= 11 is 1.75. The van der Waals surface area contributed by atoms with Crippen molar-refractivity contribution in [1.82, 2.24) is 0 Å². The second-order valence-electron chi connectivity index (χ2n) is 4.27. The van der Waals surface area contributed by atoms with Crippen molar-refractivity contribution in [3.8, 4) is 11.5 Å². The van der Waals surface area contributed by atoms with Gasteiger partial charge in [-0.15, -0.1) is 11.8 Å². The molecule has 106 valence electrons. The number of methoxy groups -OCH3 is 2. The first kappa shape index (κ1) is 14.6. The van der Waals surface area contributed by atoms with Gasteiger partial charge in [0.2, 0.25) is 0 Å². The van der Waals surface area contributed by atoms with Gasteiger partial charge in [-0.3, -0.25) is 0 Å². The van der Waals surface area contributed by atoms with E-state index in [2.05, 4.69) is 35.8 Å². The molecule has 4 heteroatoms. The molecule has 0 saturated carbocycles. The zero-order chi connectivity index (χ0) is 14.4. The lowest BCUT2D eigenvalue weighted by atomic mass is 10.2. The summed E-state index contributed by atoms with van der Waals surface area (Å²) in [5.41, 5.74) is 2.26. The van der Waals surface area contributed by atoms with Crippen LogP contribution in [0.4, 0.5) is 5.69 Å². The number of ether oxygens (including phenoxy) is 2. The van der Waals surface area contributed by atoms with Crippen LogP contribution in [0.5, 0.6) is 11.5 Å². The van der Waals surface area contributed by atoms with Gasteiger partial charge in [0.05, 0.1) is 14.2 Å². The maximum Gasteiger partial charge on any atom is 0.162 e.